The number of aryl methyl sites for hydroxylation is 2. The molecule has 0 aliphatic carbocycles. The van der Waals surface area contributed by atoms with E-state index in [9.17, 15) is 4.79 Å². The van der Waals surface area contributed by atoms with Crippen LogP contribution in [-0.2, 0) is 17.6 Å². The molecule has 1 rings (SSSR count). The normalized spacial score (nSPS) is 11.1. The molecule has 19 heavy (non-hydrogen) atoms. The summed E-state index contributed by atoms with van der Waals surface area (Å²) in [6, 6.07) is 6.47. The van der Waals surface area contributed by atoms with Crippen LogP contribution in [0.15, 0.2) is 24.3 Å². The van der Waals surface area contributed by atoms with Crippen molar-refractivity contribution >= 4 is 12.0 Å². The molecule has 0 saturated heterocycles. The Bertz CT molecular complexity index is 433. The van der Waals surface area contributed by atoms with Crippen molar-refractivity contribution in [1.29, 1.82) is 0 Å². The van der Waals surface area contributed by atoms with E-state index >= 15 is 0 Å². The van der Waals surface area contributed by atoms with Gasteiger partial charge in [0.1, 0.15) is 0 Å². The Kier molecular flexibility index (Phi) is 6.94. The van der Waals surface area contributed by atoms with Gasteiger partial charge < -0.3 is 5.11 Å². The van der Waals surface area contributed by atoms with Crippen LogP contribution in [0.25, 0.3) is 6.08 Å². The fourth-order valence-electron chi connectivity index (χ4n) is 2.09. The summed E-state index contributed by atoms with van der Waals surface area (Å²) in [7, 11) is 0. The monoisotopic (exact) mass is 260 g/mol. The van der Waals surface area contributed by atoms with E-state index in [2.05, 4.69) is 32.0 Å². The summed E-state index contributed by atoms with van der Waals surface area (Å²) < 4.78 is 0. The van der Waals surface area contributed by atoms with Crippen molar-refractivity contribution in [3.8, 4) is 0 Å². The molecule has 104 valence electrons. The van der Waals surface area contributed by atoms with Crippen LogP contribution in [0.1, 0.15) is 56.2 Å². The van der Waals surface area contributed by atoms with Crippen LogP contribution in [0.5, 0.6) is 0 Å². The maximum Gasteiger partial charge on any atom is 0.328 e. The van der Waals surface area contributed by atoms with Gasteiger partial charge in [-0.3, -0.25) is 0 Å². The molecule has 0 aliphatic heterocycles. The summed E-state index contributed by atoms with van der Waals surface area (Å²) in [5, 5.41) is 8.77. The highest BCUT2D eigenvalue weighted by atomic mass is 16.4. The third-order valence-electron chi connectivity index (χ3n) is 3.23. The summed E-state index contributed by atoms with van der Waals surface area (Å²) >= 11 is 0. The first kappa shape index (κ1) is 15.5. The minimum Gasteiger partial charge on any atom is -0.478 e. The van der Waals surface area contributed by atoms with Gasteiger partial charge in [0.15, 0.2) is 0 Å². The topological polar surface area (TPSA) is 37.3 Å². The van der Waals surface area contributed by atoms with Crippen LogP contribution < -0.4 is 0 Å². The van der Waals surface area contributed by atoms with E-state index in [1.807, 2.05) is 0 Å². The molecule has 0 unspecified atom stereocenters. The first-order valence-electron chi connectivity index (χ1n) is 7.20. The summed E-state index contributed by atoms with van der Waals surface area (Å²) in [5.41, 5.74) is 3.61. The predicted octanol–water partition coefficient (Wildman–Crippen LogP) is 4.47. The lowest BCUT2D eigenvalue weighted by molar-refractivity contribution is -0.131. The Morgan fingerprint density at radius 3 is 2.47 bits per heavy atom. The predicted molar refractivity (Wildman–Crippen MR) is 80.3 cm³/mol. The van der Waals surface area contributed by atoms with Crippen molar-refractivity contribution in [3.05, 3.63) is 41.0 Å². The first-order valence-corrected chi connectivity index (χ1v) is 7.20. The van der Waals surface area contributed by atoms with Gasteiger partial charge in [-0.15, -0.1) is 0 Å². The number of benzene rings is 1. The number of hydrogen-bond donors (Lipinski definition) is 1. The molecule has 0 spiro atoms. The van der Waals surface area contributed by atoms with Crippen molar-refractivity contribution in [2.45, 2.75) is 52.4 Å². The molecule has 1 aromatic carbocycles. The first-order chi connectivity index (χ1) is 9.17. The molecule has 0 aliphatic rings. The second-order valence-electron chi connectivity index (χ2n) is 4.91. The van der Waals surface area contributed by atoms with Gasteiger partial charge in [0, 0.05) is 6.08 Å². The second kappa shape index (κ2) is 8.52. The van der Waals surface area contributed by atoms with Crippen LogP contribution in [0, 0.1) is 0 Å². The quantitative estimate of drug-likeness (QED) is 0.700. The number of carboxylic acid groups (broad SMARTS) is 1. The summed E-state index contributed by atoms with van der Waals surface area (Å²) in [4.78, 5) is 10.7. The minimum absolute atomic E-state index is 0.889. The highest BCUT2D eigenvalue weighted by Gasteiger charge is 2.02. The molecule has 2 nitrogen and oxygen atoms in total. The number of hydrogen-bond acceptors (Lipinski definition) is 1. The largest absolute Gasteiger partial charge is 0.478 e. The van der Waals surface area contributed by atoms with Crippen LogP contribution in [-0.4, -0.2) is 11.1 Å². The third-order valence-corrected chi connectivity index (χ3v) is 3.23. The number of aliphatic carboxylic acids is 1. The van der Waals surface area contributed by atoms with Gasteiger partial charge in [-0.25, -0.2) is 4.79 Å². The van der Waals surface area contributed by atoms with E-state index in [1.54, 1.807) is 6.08 Å². The average molecular weight is 260 g/mol. The van der Waals surface area contributed by atoms with Crippen molar-refractivity contribution in [3.63, 3.8) is 0 Å². The Morgan fingerprint density at radius 1 is 1.16 bits per heavy atom. The van der Waals surface area contributed by atoms with Gasteiger partial charge in [-0.05, 0) is 48.4 Å². The third kappa shape index (κ3) is 5.73. The lowest BCUT2D eigenvalue weighted by atomic mass is 9.97. The SMILES string of the molecule is CCCCc1ccc(CCCC)c(/C=C/C(=O)O)c1. The number of unbranched alkanes of at least 4 members (excludes halogenated alkanes) is 2. The standard InChI is InChI=1S/C17H24O2/c1-3-5-7-14-9-10-15(8-6-4-2)16(13-14)11-12-17(18)19/h9-13H,3-8H2,1-2H3,(H,18,19)/b12-11+. The summed E-state index contributed by atoms with van der Waals surface area (Å²) in [6.07, 6.45) is 9.69. The molecular formula is C17H24O2. The van der Waals surface area contributed by atoms with Gasteiger partial charge in [-0.1, -0.05) is 44.9 Å². The van der Waals surface area contributed by atoms with Crippen molar-refractivity contribution < 1.29 is 9.90 Å². The zero-order valence-corrected chi connectivity index (χ0v) is 12.0. The number of carbonyl (C=O) groups is 1. The molecule has 0 bridgehead atoms. The second-order valence-corrected chi connectivity index (χ2v) is 4.91. The molecule has 0 aromatic heterocycles. The molecular weight excluding hydrogens is 236 g/mol. The van der Waals surface area contributed by atoms with Crippen LogP contribution in [0.4, 0.5) is 0 Å². The lowest BCUT2D eigenvalue weighted by Crippen LogP contribution is -1.94. The molecule has 0 atom stereocenters. The van der Waals surface area contributed by atoms with Crippen molar-refractivity contribution in [2.75, 3.05) is 0 Å². The number of carboxylic acids is 1. The molecule has 0 amide bonds. The smallest absolute Gasteiger partial charge is 0.328 e. The van der Waals surface area contributed by atoms with E-state index in [4.69, 9.17) is 5.11 Å². The Balaban J connectivity index is 2.92. The van der Waals surface area contributed by atoms with Crippen LogP contribution in [0.2, 0.25) is 0 Å². The van der Waals surface area contributed by atoms with Crippen LogP contribution in [0.3, 0.4) is 0 Å². The maximum absolute atomic E-state index is 10.7. The van der Waals surface area contributed by atoms with Gasteiger partial charge >= 0.3 is 5.97 Å². The van der Waals surface area contributed by atoms with Crippen molar-refractivity contribution in [1.82, 2.24) is 0 Å². The van der Waals surface area contributed by atoms with E-state index in [0.29, 0.717) is 0 Å². The molecule has 0 heterocycles. The van der Waals surface area contributed by atoms with E-state index < -0.39 is 5.97 Å². The van der Waals surface area contributed by atoms with Gasteiger partial charge in [0.05, 0.1) is 0 Å². The van der Waals surface area contributed by atoms with Crippen molar-refractivity contribution in [2.24, 2.45) is 0 Å². The minimum atomic E-state index is -0.889. The van der Waals surface area contributed by atoms with Crippen LogP contribution >= 0.6 is 0 Å². The summed E-state index contributed by atoms with van der Waals surface area (Å²) in [5.74, 6) is -0.889. The number of rotatable bonds is 8. The van der Waals surface area contributed by atoms with E-state index in [1.165, 1.54) is 30.0 Å². The Hall–Kier alpha value is -1.57. The molecule has 2 heteroatoms. The van der Waals surface area contributed by atoms with E-state index in [0.717, 1.165) is 31.2 Å². The van der Waals surface area contributed by atoms with E-state index in [-0.39, 0.29) is 0 Å². The average Bonchev–Trinajstić information content (AvgIpc) is 2.41. The molecule has 0 radical (unpaired) electrons. The molecule has 0 saturated carbocycles. The fourth-order valence-corrected chi connectivity index (χ4v) is 2.09. The zero-order chi connectivity index (χ0) is 14.1. The summed E-state index contributed by atoms with van der Waals surface area (Å²) in [6.45, 7) is 4.35. The van der Waals surface area contributed by atoms with Gasteiger partial charge in [-0.2, -0.15) is 0 Å². The molecule has 0 fully saturated rings. The lowest BCUT2D eigenvalue weighted by Gasteiger charge is -2.08. The highest BCUT2D eigenvalue weighted by molar-refractivity contribution is 5.85. The Labute approximate surface area is 116 Å². The van der Waals surface area contributed by atoms with Gasteiger partial charge in [0.25, 0.3) is 0 Å². The van der Waals surface area contributed by atoms with Gasteiger partial charge in [0.2, 0.25) is 0 Å². The fraction of sp³-hybridized carbons (Fsp3) is 0.471. The zero-order valence-electron chi connectivity index (χ0n) is 12.0. The molecule has 1 aromatic rings. The highest BCUT2D eigenvalue weighted by Crippen LogP contribution is 2.18. The Morgan fingerprint density at radius 2 is 1.84 bits per heavy atom. The maximum atomic E-state index is 10.7. The molecule has 1 N–H and O–H groups in total.